The van der Waals surface area contributed by atoms with E-state index in [1.165, 1.54) is 11.1 Å². The third-order valence-corrected chi connectivity index (χ3v) is 3.23. The first-order valence-electron chi connectivity index (χ1n) is 5.30. The minimum atomic E-state index is 0.431. The molecule has 1 aliphatic heterocycles. The molecule has 0 saturated carbocycles. The monoisotopic (exact) mass is 186 g/mol. The second kappa shape index (κ2) is 3.25. The average Bonchev–Trinajstić information content (AvgIpc) is 2.78. The molecule has 0 unspecified atom stereocenters. The van der Waals surface area contributed by atoms with Crippen molar-refractivity contribution in [3.63, 3.8) is 0 Å². The smallest absolute Gasteiger partial charge is 0.0795 e. The van der Waals surface area contributed by atoms with Gasteiger partial charge in [0.1, 0.15) is 0 Å². The normalized spacial score (nSPS) is 30.1. The molecule has 3 rings (SSSR count). The van der Waals surface area contributed by atoms with Crippen LogP contribution in [-0.2, 0) is 4.74 Å². The van der Waals surface area contributed by atoms with Crippen molar-refractivity contribution in [2.75, 3.05) is 6.61 Å². The average molecular weight is 186 g/mol. The highest BCUT2D eigenvalue weighted by molar-refractivity contribution is 5.32. The minimum Gasteiger partial charge on any atom is -0.374 e. The van der Waals surface area contributed by atoms with Crippen molar-refractivity contribution in [3.05, 3.63) is 47.5 Å². The first-order chi connectivity index (χ1) is 6.93. The van der Waals surface area contributed by atoms with Crippen molar-refractivity contribution in [3.8, 4) is 0 Å². The van der Waals surface area contributed by atoms with E-state index in [-0.39, 0.29) is 0 Å². The van der Waals surface area contributed by atoms with Gasteiger partial charge in [-0.1, -0.05) is 36.4 Å². The standard InChI is InChI=1S/C13H14O/c1-2-4-10(5-3-1)12-8-11-6-7-14-13(11)9-12/h1-5,8,12-13H,6-7,9H2/t12-,13-/m0/s1. The Morgan fingerprint density at radius 1 is 1.14 bits per heavy atom. The summed E-state index contributed by atoms with van der Waals surface area (Å²) in [6.45, 7) is 0.929. The van der Waals surface area contributed by atoms with E-state index in [1.807, 2.05) is 0 Å². The molecular formula is C13H14O. The van der Waals surface area contributed by atoms with Crippen LogP contribution in [0.3, 0.4) is 0 Å². The summed E-state index contributed by atoms with van der Waals surface area (Å²) in [5, 5.41) is 0. The van der Waals surface area contributed by atoms with Crippen molar-refractivity contribution in [2.24, 2.45) is 0 Å². The number of hydrogen-bond donors (Lipinski definition) is 0. The van der Waals surface area contributed by atoms with Crippen LogP contribution in [0.25, 0.3) is 0 Å². The molecule has 72 valence electrons. The lowest BCUT2D eigenvalue weighted by Gasteiger charge is -2.10. The van der Waals surface area contributed by atoms with E-state index in [1.54, 1.807) is 0 Å². The largest absolute Gasteiger partial charge is 0.374 e. The molecule has 1 aromatic carbocycles. The van der Waals surface area contributed by atoms with Crippen LogP contribution in [0.1, 0.15) is 24.3 Å². The Balaban J connectivity index is 1.87. The van der Waals surface area contributed by atoms with Crippen LogP contribution < -0.4 is 0 Å². The van der Waals surface area contributed by atoms with Gasteiger partial charge in [0, 0.05) is 5.92 Å². The number of hydrogen-bond acceptors (Lipinski definition) is 1. The number of fused-ring (bicyclic) bond motifs is 1. The Kier molecular flexibility index (Phi) is 1.91. The van der Waals surface area contributed by atoms with Gasteiger partial charge >= 0.3 is 0 Å². The lowest BCUT2D eigenvalue weighted by molar-refractivity contribution is 0.120. The summed E-state index contributed by atoms with van der Waals surface area (Å²) in [6, 6.07) is 10.7. The van der Waals surface area contributed by atoms with Crippen LogP contribution in [0.15, 0.2) is 42.0 Å². The molecule has 0 amide bonds. The molecule has 1 heteroatoms. The zero-order valence-electron chi connectivity index (χ0n) is 8.15. The molecule has 1 fully saturated rings. The number of ether oxygens (including phenoxy) is 1. The molecule has 0 aromatic heterocycles. The van der Waals surface area contributed by atoms with E-state index in [9.17, 15) is 0 Å². The molecule has 1 aromatic rings. The number of allylic oxidation sites excluding steroid dienone is 1. The maximum Gasteiger partial charge on any atom is 0.0795 e. The molecule has 0 bridgehead atoms. The molecule has 1 saturated heterocycles. The van der Waals surface area contributed by atoms with Gasteiger partial charge in [-0.3, -0.25) is 0 Å². The van der Waals surface area contributed by atoms with Crippen LogP contribution in [0, 0.1) is 0 Å². The maximum absolute atomic E-state index is 5.66. The lowest BCUT2D eigenvalue weighted by Crippen LogP contribution is -2.04. The topological polar surface area (TPSA) is 9.23 Å². The van der Waals surface area contributed by atoms with Crippen LogP contribution in [0.5, 0.6) is 0 Å². The number of rotatable bonds is 1. The molecule has 0 spiro atoms. The quantitative estimate of drug-likeness (QED) is 0.613. The second-order valence-corrected chi connectivity index (χ2v) is 4.10. The van der Waals surface area contributed by atoms with Crippen LogP contribution in [0.2, 0.25) is 0 Å². The van der Waals surface area contributed by atoms with Crippen molar-refractivity contribution in [1.82, 2.24) is 0 Å². The van der Waals surface area contributed by atoms with Crippen molar-refractivity contribution >= 4 is 0 Å². The van der Waals surface area contributed by atoms with Gasteiger partial charge in [0.05, 0.1) is 12.7 Å². The second-order valence-electron chi connectivity index (χ2n) is 4.10. The first-order valence-corrected chi connectivity index (χ1v) is 5.30. The fourth-order valence-corrected chi connectivity index (χ4v) is 2.49. The fraction of sp³-hybridized carbons (Fsp3) is 0.385. The number of benzene rings is 1. The Morgan fingerprint density at radius 2 is 2.00 bits per heavy atom. The maximum atomic E-state index is 5.66. The van der Waals surface area contributed by atoms with Gasteiger partial charge in [0.2, 0.25) is 0 Å². The summed E-state index contributed by atoms with van der Waals surface area (Å²) in [5.41, 5.74) is 2.96. The summed E-state index contributed by atoms with van der Waals surface area (Å²) in [6.07, 6.45) is 5.14. The Bertz CT molecular complexity index is 353. The van der Waals surface area contributed by atoms with E-state index < -0.39 is 0 Å². The molecular weight excluding hydrogens is 172 g/mol. The molecule has 2 atom stereocenters. The van der Waals surface area contributed by atoms with Gasteiger partial charge in [-0.2, -0.15) is 0 Å². The predicted molar refractivity (Wildman–Crippen MR) is 56.2 cm³/mol. The third kappa shape index (κ3) is 1.28. The van der Waals surface area contributed by atoms with Gasteiger partial charge in [0.15, 0.2) is 0 Å². The molecule has 1 heterocycles. The SMILES string of the molecule is C1=C2CCO[C@H]2C[C@H]1c1ccccc1. The summed E-state index contributed by atoms with van der Waals surface area (Å²) in [4.78, 5) is 0. The third-order valence-electron chi connectivity index (χ3n) is 3.23. The van der Waals surface area contributed by atoms with Crippen molar-refractivity contribution in [1.29, 1.82) is 0 Å². The van der Waals surface area contributed by atoms with Gasteiger partial charge in [-0.25, -0.2) is 0 Å². The summed E-state index contributed by atoms with van der Waals surface area (Å²) in [7, 11) is 0. The zero-order valence-corrected chi connectivity index (χ0v) is 8.15. The van der Waals surface area contributed by atoms with E-state index in [4.69, 9.17) is 4.74 Å². The van der Waals surface area contributed by atoms with Crippen molar-refractivity contribution in [2.45, 2.75) is 24.9 Å². The molecule has 2 aliphatic rings. The van der Waals surface area contributed by atoms with Gasteiger partial charge in [-0.05, 0) is 24.0 Å². The Labute approximate surface area is 84.4 Å². The van der Waals surface area contributed by atoms with Crippen LogP contribution in [-0.4, -0.2) is 12.7 Å². The lowest BCUT2D eigenvalue weighted by atomic mass is 9.98. The molecule has 0 radical (unpaired) electrons. The van der Waals surface area contributed by atoms with E-state index in [2.05, 4.69) is 36.4 Å². The predicted octanol–water partition coefficient (Wildman–Crippen LogP) is 2.89. The first kappa shape index (κ1) is 8.25. The van der Waals surface area contributed by atoms with E-state index in [0.29, 0.717) is 12.0 Å². The Morgan fingerprint density at radius 3 is 2.79 bits per heavy atom. The fourth-order valence-electron chi connectivity index (χ4n) is 2.49. The van der Waals surface area contributed by atoms with Crippen LogP contribution >= 0.6 is 0 Å². The van der Waals surface area contributed by atoms with Gasteiger partial charge in [-0.15, -0.1) is 0 Å². The highest BCUT2D eigenvalue weighted by Gasteiger charge is 2.31. The highest BCUT2D eigenvalue weighted by Crippen LogP contribution is 2.38. The minimum absolute atomic E-state index is 0.431. The van der Waals surface area contributed by atoms with Gasteiger partial charge < -0.3 is 4.74 Å². The van der Waals surface area contributed by atoms with Crippen molar-refractivity contribution < 1.29 is 4.74 Å². The summed E-state index contributed by atoms with van der Waals surface area (Å²) < 4.78 is 5.66. The zero-order chi connectivity index (χ0) is 9.38. The molecule has 1 nitrogen and oxygen atoms in total. The molecule has 0 N–H and O–H groups in total. The Hall–Kier alpha value is -1.08. The molecule has 1 aliphatic carbocycles. The summed E-state index contributed by atoms with van der Waals surface area (Å²) >= 11 is 0. The highest BCUT2D eigenvalue weighted by atomic mass is 16.5. The summed E-state index contributed by atoms with van der Waals surface area (Å²) in [5.74, 6) is 0.594. The van der Waals surface area contributed by atoms with Crippen LogP contribution in [0.4, 0.5) is 0 Å². The van der Waals surface area contributed by atoms with E-state index >= 15 is 0 Å². The van der Waals surface area contributed by atoms with Gasteiger partial charge in [0.25, 0.3) is 0 Å². The van der Waals surface area contributed by atoms with E-state index in [0.717, 1.165) is 19.4 Å². The molecule has 14 heavy (non-hydrogen) atoms.